The fraction of sp³-hybridized carbons (Fsp3) is 0.364. The molecular weight excluding hydrogens is 354 g/mol. The van der Waals surface area contributed by atoms with Crippen LogP contribution in [0.5, 0.6) is 0 Å². The molecule has 3 aromatic rings. The lowest BCUT2D eigenvalue weighted by Crippen LogP contribution is -2.36. The summed E-state index contributed by atoms with van der Waals surface area (Å²) in [7, 11) is 0. The normalized spacial score (nSPS) is 14.9. The number of rotatable bonds is 3. The van der Waals surface area contributed by atoms with Gasteiger partial charge in [0.05, 0.1) is 5.69 Å². The minimum atomic E-state index is -0.158. The van der Waals surface area contributed by atoms with Crippen molar-refractivity contribution in [2.75, 3.05) is 6.54 Å². The molecule has 0 fully saturated rings. The Bertz CT molecular complexity index is 998. The highest BCUT2D eigenvalue weighted by Gasteiger charge is 2.25. The van der Waals surface area contributed by atoms with Crippen molar-refractivity contribution in [1.82, 2.24) is 14.9 Å². The number of nitrogens with zero attached hydrogens (tertiary/aromatic N) is 2. The van der Waals surface area contributed by atoms with Gasteiger partial charge >= 0.3 is 0 Å². The zero-order valence-electron chi connectivity index (χ0n) is 16.1. The lowest BCUT2D eigenvalue weighted by atomic mass is 9.95. The minimum Gasteiger partial charge on any atom is -0.310 e. The first-order chi connectivity index (χ1) is 12.9. The van der Waals surface area contributed by atoms with Crippen LogP contribution in [0, 0.1) is 0 Å². The number of hydrogen-bond acceptors (Lipinski definition) is 4. The number of H-pyrrole nitrogens is 1. The molecule has 0 unspecified atom stereocenters. The molecule has 1 aliphatic rings. The van der Waals surface area contributed by atoms with Crippen LogP contribution < -0.4 is 5.56 Å². The van der Waals surface area contributed by atoms with E-state index in [0.29, 0.717) is 0 Å². The van der Waals surface area contributed by atoms with Gasteiger partial charge < -0.3 is 4.98 Å². The van der Waals surface area contributed by atoms with E-state index in [0.717, 1.165) is 43.1 Å². The molecule has 4 rings (SSSR count). The van der Waals surface area contributed by atoms with Gasteiger partial charge in [0.1, 0.15) is 5.82 Å². The molecule has 1 aliphatic heterocycles. The Labute approximate surface area is 163 Å². The van der Waals surface area contributed by atoms with Gasteiger partial charge in [0, 0.05) is 40.4 Å². The highest BCUT2D eigenvalue weighted by molar-refractivity contribution is 7.15. The lowest BCUT2D eigenvalue weighted by Gasteiger charge is -2.28. The van der Waals surface area contributed by atoms with Crippen molar-refractivity contribution in [3.63, 3.8) is 0 Å². The number of fused-ring (bicyclic) bond motifs is 1. The molecule has 0 saturated carbocycles. The van der Waals surface area contributed by atoms with Crippen molar-refractivity contribution < 1.29 is 0 Å². The monoisotopic (exact) mass is 379 g/mol. The van der Waals surface area contributed by atoms with E-state index >= 15 is 0 Å². The molecule has 4 nitrogen and oxygen atoms in total. The summed E-state index contributed by atoms with van der Waals surface area (Å²) < 4.78 is 0. The van der Waals surface area contributed by atoms with Crippen molar-refractivity contribution in [3.8, 4) is 10.4 Å². The van der Waals surface area contributed by atoms with E-state index in [1.807, 2.05) is 17.4 Å². The fourth-order valence-electron chi connectivity index (χ4n) is 3.42. The van der Waals surface area contributed by atoms with Gasteiger partial charge in [0.2, 0.25) is 0 Å². The molecule has 0 saturated heterocycles. The second-order valence-corrected chi connectivity index (χ2v) is 9.35. The molecule has 1 N–H and O–H groups in total. The quantitative estimate of drug-likeness (QED) is 0.736. The molecule has 140 valence electrons. The smallest absolute Gasteiger partial charge is 0.254 e. The predicted octanol–water partition coefficient (Wildman–Crippen LogP) is 4.35. The fourth-order valence-corrected chi connectivity index (χ4v) is 4.48. The van der Waals surface area contributed by atoms with Gasteiger partial charge in [-0.3, -0.25) is 9.69 Å². The van der Waals surface area contributed by atoms with Crippen LogP contribution in [0.3, 0.4) is 0 Å². The molecule has 2 aromatic heterocycles. The average Bonchev–Trinajstić information content (AvgIpc) is 3.10. The Morgan fingerprint density at radius 3 is 2.67 bits per heavy atom. The Hall–Kier alpha value is -2.24. The van der Waals surface area contributed by atoms with Crippen molar-refractivity contribution in [1.29, 1.82) is 0 Å². The maximum absolute atomic E-state index is 12.4. The number of hydrogen-bond donors (Lipinski definition) is 1. The summed E-state index contributed by atoms with van der Waals surface area (Å²) in [5.74, 6) is 0.774. The van der Waals surface area contributed by atoms with Gasteiger partial charge in [-0.05, 0) is 24.1 Å². The molecule has 0 atom stereocenters. The summed E-state index contributed by atoms with van der Waals surface area (Å²) in [6, 6.07) is 14.9. The average molecular weight is 380 g/mol. The van der Waals surface area contributed by atoms with Gasteiger partial charge in [-0.25, -0.2) is 4.98 Å². The molecule has 0 amide bonds. The van der Waals surface area contributed by atoms with Gasteiger partial charge in [-0.1, -0.05) is 51.1 Å². The van der Waals surface area contributed by atoms with Crippen LogP contribution in [0.15, 0.2) is 47.3 Å². The summed E-state index contributed by atoms with van der Waals surface area (Å²) in [6.07, 6.45) is 0.763. The number of aromatic amines is 1. The van der Waals surface area contributed by atoms with Crippen LogP contribution in [0.25, 0.3) is 10.4 Å². The first-order valence-corrected chi connectivity index (χ1v) is 10.2. The van der Waals surface area contributed by atoms with Crippen molar-refractivity contribution in [2.45, 2.75) is 45.7 Å². The highest BCUT2D eigenvalue weighted by atomic mass is 32.1. The SMILES string of the molecule is CC(C)(C)c1nc2c(c(=O)[nH]1)CCN(Cc1ccc(-c3ccccc3)s1)C2. The zero-order chi connectivity index (χ0) is 19.0. The standard InChI is InChI=1S/C22H25N3OS/c1-22(2,3)21-23-18-14-25(12-11-17(18)20(26)24-21)13-16-9-10-19(27-16)15-7-5-4-6-8-15/h4-10H,11-14H2,1-3H3,(H,23,24,26). The van der Waals surface area contributed by atoms with E-state index in [-0.39, 0.29) is 11.0 Å². The summed E-state index contributed by atoms with van der Waals surface area (Å²) >= 11 is 1.84. The van der Waals surface area contributed by atoms with Crippen molar-refractivity contribution in [3.05, 3.63) is 74.8 Å². The van der Waals surface area contributed by atoms with E-state index in [4.69, 9.17) is 4.98 Å². The number of nitrogens with one attached hydrogen (secondary N) is 1. The molecule has 27 heavy (non-hydrogen) atoms. The molecule has 0 spiro atoms. The van der Waals surface area contributed by atoms with Gasteiger partial charge in [0.15, 0.2) is 0 Å². The molecule has 1 aromatic carbocycles. The molecular formula is C22H25N3OS. The maximum Gasteiger partial charge on any atom is 0.254 e. The molecule has 0 radical (unpaired) electrons. The first kappa shape index (κ1) is 18.1. The second kappa shape index (κ2) is 7.06. The number of thiophene rings is 1. The van der Waals surface area contributed by atoms with Crippen molar-refractivity contribution >= 4 is 11.3 Å². The van der Waals surface area contributed by atoms with Crippen LogP contribution in [-0.4, -0.2) is 21.4 Å². The van der Waals surface area contributed by atoms with Crippen LogP contribution in [-0.2, 0) is 24.9 Å². The molecule has 0 aliphatic carbocycles. The van der Waals surface area contributed by atoms with Crippen LogP contribution in [0.2, 0.25) is 0 Å². The van der Waals surface area contributed by atoms with E-state index in [9.17, 15) is 4.79 Å². The third-order valence-electron chi connectivity index (χ3n) is 4.96. The summed E-state index contributed by atoms with van der Waals surface area (Å²) in [4.78, 5) is 25.3. The summed E-state index contributed by atoms with van der Waals surface area (Å²) in [5, 5.41) is 0. The van der Waals surface area contributed by atoms with Crippen LogP contribution >= 0.6 is 11.3 Å². The van der Waals surface area contributed by atoms with E-state index < -0.39 is 0 Å². The third-order valence-corrected chi connectivity index (χ3v) is 6.08. The number of aromatic nitrogens is 2. The summed E-state index contributed by atoms with van der Waals surface area (Å²) in [5.41, 5.74) is 2.94. The summed E-state index contributed by atoms with van der Waals surface area (Å²) in [6.45, 7) is 8.77. The zero-order valence-corrected chi connectivity index (χ0v) is 16.9. The van der Waals surface area contributed by atoms with Gasteiger partial charge in [-0.2, -0.15) is 0 Å². The molecule has 3 heterocycles. The Kier molecular flexibility index (Phi) is 4.74. The molecule has 5 heteroatoms. The topological polar surface area (TPSA) is 49.0 Å². The van der Waals surface area contributed by atoms with Gasteiger partial charge in [-0.15, -0.1) is 11.3 Å². The lowest BCUT2D eigenvalue weighted by molar-refractivity contribution is 0.241. The van der Waals surface area contributed by atoms with E-state index in [2.05, 4.69) is 67.1 Å². The van der Waals surface area contributed by atoms with E-state index in [1.54, 1.807) is 0 Å². The maximum atomic E-state index is 12.4. The van der Waals surface area contributed by atoms with Gasteiger partial charge in [0.25, 0.3) is 5.56 Å². The highest BCUT2D eigenvalue weighted by Crippen LogP contribution is 2.29. The van der Waals surface area contributed by atoms with Crippen LogP contribution in [0.4, 0.5) is 0 Å². The first-order valence-electron chi connectivity index (χ1n) is 9.39. The second-order valence-electron chi connectivity index (χ2n) is 8.18. The minimum absolute atomic E-state index is 0.0343. The van der Waals surface area contributed by atoms with Crippen molar-refractivity contribution in [2.24, 2.45) is 0 Å². The Morgan fingerprint density at radius 1 is 1.15 bits per heavy atom. The predicted molar refractivity (Wildman–Crippen MR) is 111 cm³/mol. The molecule has 0 bridgehead atoms. The third kappa shape index (κ3) is 3.89. The Morgan fingerprint density at radius 2 is 1.93 bits per heavy atom. The number of benzene rings is 1. The largest absolute Gasteiger partial charge is 0.310 e. The van der Waals surface area contributed by atoms with Crippen LogP contribution in [0.1, 0.15) is 42.7 Å². The van der Waals surface area contributed by atoms with E-state index in [1.165, 1.54) is 15.3 Å². The Balaban J connectivity index is 1.53.